The summed E-state index contributed by atoms with van der Waals surface area (Å²) < 4.78 is 37.3. The summed E-state index contributed by atoms with van der Waals surface area (Å²) in [5, 5.41) is 3.31. The predicted molar refractivity (Wildman–Crippen MR) is 73.9 cm³/mol. The second kappa shape index (κ2) is 6.96. The highest BCUT2D eigenvalue weighted by Gasteiger charge is 2.33. The monoisotopic (exact) mass is 307 g/mol. The van der Waals surface area contributed by atoms with Crippen LogP contribution in [0.3, 0.4) is 0 Å². The van der Waals surface area contributed by atoms with Crippen molar-refractivity contribution in [3.63, 3.8) is 0 Å². The van der Waals surface area contributed by atoms with Crippen LogP contribution in [0.25, 0.3) is 0 Å². The van der Waals surface area contributed by atoms with Crippen molar-refractivity contribution >= 4 is 5.91 Å². The van der Waals surface area contributed by atoms with Gasteiger partial charge in [-0.15, -0.1) is 0 Å². The van der Waals surface area contributed by atoms with Gasteiger partial charge in [0, 0.05) is 38.1 Å². The van der Waals surface area contributed by atoms with Gasteiger partial charge >= 0.3 is 6.18 Å². The van der Waals surface area contributed by atoms with Crippen molar-refractivity contribution in [1.82, 2.24) is 15.1 Å². The lowest BCUT2D eigenvalue weighted by atomic mass is 9.92. The Balaban J connectivity index is 1.86. The average molecular weight is 307 g/mol. The molecule has 21 heavy (non-hydrogen) atoms. The lowest BCUT2D eigenvalue weighted by Crippen LogP contribution is -2.45. The summed E-state index contributed by atoms with van der Waals surface area (Å²) in [7, 11) is 0. The maximum atomic E-state index is 12.5. The van der Waals surface area contributed by atoms with Crippen LogP contribution in [0.2, 0.25) is 0 Å². The number of nitrogens with zero attached hydrogens (tertiary/aromatic N) is 2. The van der Waals surface area contributed by atoms with E-state index in [9.17, 15) is 18.0 Å². The van der Waals surface area contributed by atoms with Crippen LogP contribution in [-0.2, 0) is 4.79 Å². The number of rotatable bonds is 2. The Morgan fingerprint density at radius 1 is 1.24 bits per heavy atom. The van der Waals surface area contributed by atoms with E-state index < -0.39 is 12.7 Å². The van der Waals surface area contributed by atoms with Crippen molar-refractivity contribution in [2.24, 2.45) is 5.92 Å². The molecule has 7 heteroatoms. The summed E-state index contributed by atoms with van der Waals surface area (Å²) in [5.74, 6) is 0.146. The summed E-state index contributed by atoms with van der Waals surface area (Å²) in [5.41, 5.74) is 0. The van der Waals surface area contributed by atoms with Crippen LogP contribution in [0.15, 0.2) is 0 Å². The van der Waals surface area contributed by atoms with Crippen molar-refractivity contribution in [1.29, 1.82) is 0 Å². The van der Waals surface area contributed by atoms with Crippen molar-refractivity contribution in [3.8, 4) is 0 Å². The SMILES string of the molecule is C[C@H]1C[C@@H](C(=O)N2CCCN(CC(F)(F)F)CC2)CCN1. The normalized spacial score (nSPS) is 29.2. The zero-order chi connectivity index (χ0) is 15.5. The lowest BCUT2D eigenvalue weighted by molar-refractivity contribution is -0.145. The molecule has 2 fully saturated rings. The van der Waals surface area contributed by atoms with Crippen LogP contribution in [-0.4, -0.2) is 67.2 Å². The molecule has 2 heterocycles. The van der Waals surface area contributed by atoms with Crippen LogP contribution in [0.4, 0.5) is 13.2 Å². The number of amides is 1. The van der Waals surface area contributed by atoms with Crippen molar-refractivity contribution in [3.05, 3.63) is 0 Å². The first-order valence-corrected chi connectivity index (χ1v) is 7.66. The number of hydrogen-bond donors (Lipinski definition) is 1. The minimum atomic E-state index is -4.16. The van der Waals surface area contributed by atoms with Gasteiger partial charge in [0.2, 0.25) is 5.91 Å². The number of carbonyl (C=O) groups excluding carboxylic acids is 1. The van der Waals surface area contributed by atoms with Crippen molar-refractivity contribution in [2.45, 2.75) is 38.4 Å². The first-order chi connectivity index (χ1) is 9.85. The van der Waals surface area contributed by atoms with Gasteiger partial charge in [-0.1, -0.05) is 0 Å². The maximum Gasteiger partial charge on any atom is 0.401 e. The Morgan fingerprint density at radius 2 is 2.00 bits per heavy atom. The fourth-order valence-electron chi connectivity index (χ4n) is 3.22. The van der Waals surface area contributed by atoms with E-state index >= 15 is 0 Å². The second-order valence-electron chi connectivity index (χ2n) is 6.15. The maximum absolute atomic E-state index is 12.5. The molecule has 0 spiro atoms. The lowest BCUT2D eigenvalue weighted by Gasteiger charge is -2.31. The highest BCUT2D eigenvalue weighted by molar-refractivity contribution is 5.79. The van der Waals surface area contributed by atoms with Crippen LogP contribution < -0.4 is 5.32 Å². The number of alkyl halides is 3. The van der Waals surface area contributed by atoms with Gasteiger partial charge in [-0.05, 0) is 32.7 Å². The van der Waals surface area contributed by atoms with Gasteiger partial charge in [-0.3, -0.25) is 9.69 Å². The van der Waals surface area contributed by atoms with Gasteiger partial charge < -0.3 is 10.2 Å². The van der Waals surface area contributed by atoms with Gasteiger partial charge in [-0.25, -0.2) is 0 Å². The first-order valence-electron chi connectivity index (χ1n) is 7.66. The molecule has 0 unspecified atom stereocenters. The zero-order valence-electron chi connectivity index (χ0n) is 12.5. The fraction of sp³-hybridized carbons (Fsp3) is 0.929. The molecule has 0 aromatic rings. The Labute approximate surface area is 123 Å². The molecule has 2 aliphatic rings. The first kappa shape index (κ1) is 16.5. The third kappa shape index (κ3) is 5.14. The van der Waals surface area contributed by atoms with Gasteiger partial charge in [0.25, 0.3) is 0 Å². The van der Waals surface area contributed by atoms with Gasteiger partial charge in [0.15, 0.2) is 0 Å². The van der Waals surface area contributed by atoms with Gasteiger partial charge in [0.1, 0.15) is 0 Å². The van der Waals surface area contributed by atoms with Crippen LogP contribution in [0, 0.1) is 5.92 Å². The molecule has 122 valence electrons. The Morgan fingerprint density at radius 3 is 2.67 bits per heavy atom. The number of nitrogens with one attached hydrogen (secondary N) is 1. The van der Waals surface area contributed by atoms with Crippen LogP contribution in [0.5, 0.6) is 0 Å². The van der Waals surface area contributed by atoms with E-state index in [0.717, 1.165) is 19.4 Å². The van der Waals surface area contributed by atoms with E-state index in [1.165, 1.54) is 4.90 Å². The number of halogens is 3. The highest BCUT2D eigenvalue weighted by Crippen LogP contribution is 2.21. The van der Waals surface area contributed by atoms with Crippen molar-refractivity contribution in [2.75, 3.05) is 39.3 Å². The minimum absolute atomic E-state index is 0.0235. The minimum Gasteiger partial charge on any atom is -0.341 e. The summed E-state index contributed by atoms with van der Waals surface area (Å²) >= 11 is 0. The quantitative estimate of drug-likeness (QED) is 0.839. The molecule has 4 nitrogen and oxygen atoms in total. The molecule has 2 atom stereocenters. The summed E-state index contributed by atoms with van der Waals surface area (Å²) in [6.45, 7) is 3.73. The Kier molecular flexibility index (Phi) is 5.48. The molecule has 1 N–H and O–H groups in total. The molecular weight excluding hydrogens is 283 g/mol. The summed E-state index contributed by atoms with van der Waals surface area (Å²) in [6, 6.07) is 0.335. The molecule has 2 aliphatic heterocycles. The molecular formula is C14H24F3N3O. The number of hydrogen-bond acceptors (Lipinski definition) is 3. The number of carbonyl (C=O) groups is 1. The third-order valence-corrected chi connectivity index (χ3v) is 4.28. The zero-order valence-corrected chi connectivity index (χ0v) is 12.5. The molecule has 1 amide bonds. The molecule has 0 aromatic carbocycles. The Bertz CT molecular complexity index is 362. The smallest absolute Gasteiger partial charge is 0.341 e. The molecule has 0 radical (unpaired) electrons. The Hall–Kier alpha value is -0.820. The second-order valence-corrected chi connectivity index (χ2v) is 6.15. The largest absolute Gasteiger partial charge is 0.401 e. The van der Waals surface area contributed by atoms with E-state index in [0.29, 0.717) is 38.6 Å². The molecule has 2 saturated heterocycles. The van der Waals surface area contributed by atoms with E-state index in [4.69, 9.17) is 0 Å². The predicted octanol–water partition coefficient (Wildman–Crippen LogP) is 1.47. The molecule has 2 rings (SSSR count). The average Bonchev–Trinajstić information content (AvgIpc) is 2.61. The molecule has 0 aliphatic carbocycles. The standard InChI is InChI=1S/C14H24F3N3O/c1-11-9-12(3-4-18-11)13(21)20-6-2-5-19(7-8-20)10-14(15,16)17/h11-12,18H,2-10H2,1H3/t11-,12-/m0/s1. The van der Waals surface area contributed by atoms with Crippen LogP contribution >= 0.6 is 0 Å². The van der Waals surface area contributed by atoms with E-state index in [1.54, 1.807) is 4.90 Å². The summed E-state index contributed by atoms with van der Waals surface area (Å²) in [6.07, 6.45) is -1.90. The highest BCUT2D eigenvalue weighted by atomic mass is 19.4. The molecule has 0 aromatic heterocycles. The summed E-state index contributed by atoms with van der Waals surface area (Å²) in [4.78, 5) is 15.7. The number of piperidine rings is 1. The van der Waals surface area contributed by atoms with E-state index in [1.807, 2.05) is 0 Å². The van der Waals surface area contributed by atoms with Crippen molar-refractivity contribution < 1.29 is 18.0 Å². The fourth-order valence-corrected chi connectivity index (χ4v) is 3.22. The van der Waals surface area contributed by atoms with Gasteiger partial charge in [-0.2, -0.15) is 13.2 Å². The third-order valence-electron chi connectivity index (χ3n) is 4.28. The van der Waals surface area contributed by atoms with E-state index in [-0.39, 0.29) is 11.8 Å². The molecule has 0 saturated carbocycles. The van der Waals surface area contributed by atoms with Gasteiger partial charge in [0.05, 0.1) is 6.54 Å². The van der Waals surface area contributed by atoms with E-state index in [2.05, 4.69) is 12.2 Å². The molecule has 0 bridgehead atoms. The topological polar surface area (TPSA) is 35.6 Å². The van der Waals surface area contributed by atoms with Crippen LogP contribution in [0.1, 0.15) is 26.2 Å².